The van der Waals surface area contributed by atoms with Crippen LogP contribution in [0.25, 0.3) is 0 Å². The van der Waals surface area contributed by atoms with E-state index in [4.69, 9.17) is 4.74 Å². The minimum Gasteiger partial charge on any atom is -0.383 e. The van der Waals surface area contributed by atoms with E-state index in [2.05, 4.69) is 18.7 Å². The molecule has 0 aliphatic rings. The molecule has 1 amide bonds. The number of benzene rings is 1. The molecule has 0 heterocycles. The summed E-state index contributed by atoms with van der Waals surface area (Å²) < 4.78 is 4.98. The summed E-state index contributed by atoms with van der Waals surface area (Å²) in [6, 6.07) is 7.79. The molecule has 0 radical (unpaired) electrons. The molecular weight excluding hydrogens is 240 g/mol. The number of ether oxygens (including phenoxy) is 1. The molecule has 0 bridgehead atoms. The number of methoxy groups -OCH3 is 1. The highest BCUT2D eigenvalue weighted by molar-refractivity contribution is 5.94. The Bertz CT molecular complexity index is 386. The molecule has 4 heteroatoms. The second-order valence-electron chi connectivity index (χ2n) is 4.44. The quantitative estimate of drug-likeness (QED) is 0.757. The van der Waals surface area contributed by atoms with Gasteiger partial charge in [0.15, 0.2) is 0 Å². The molecule has 1 aromatic rings. The van der Waals surface area contributed by atoms with Crippen LogP contribution in [0.1, 0.15) is 24.2 Å². The first-order chi connectivity index (χ1) is 9.13. The molecule has 0 saturated carbocycles. The molecule has 0 N–H and O–H groups in total. The van der Waals surface area contributed by atoms with Crippen molar-refractivity contribution in [3.05, 3.63) is 29.8 Å². The van der Waals surface area contributed by atoms with Crippen LogP contribution in [0.15, 0.2) is 24.3 Å². The largest absolute Gasteiger partial charge is 0.383 e. The fraction of sp³-hybridized carbons (Fsp3) is 0.533. The fourth-order valence-corrected chi connectivity index (χ4v) is 1.95. The smallest absolute Gasteiger partial charge is 0.253 e. The van der Waals surface area contributed by atoms with Crippen molar-refractivity contribution in [2.75, 3.05) is 45.3 Å². The molecule has 0 saturated heterocycles. The van der Waals surface area contributed by atoms with E-state index in [1.165, 1.54) is 0 Å². The molecule has 0 fully saturated rings. The Hall–Kier alpha value is -1.55. The van der Waals surface area contributed by atoms with Gasteiger partial charge in [0.1, 0.15) is 0 Å². The van der Waals surface area contributed by atoms with Gasteiger partial charge in [-0.25, -0.2) is 0 Å². The summed E-state index contributed by atoms with van der Waals surface area (Å²) in [5.41, 5.74) is 1.87. The lowest BCUT2D eigenvalue weighted by molar-refractivity contribution is 0.0744. The van der Waals surface area contributed by atoms with E-state index in [1.807, 2.05) is 24.3 Å². The Kier molecular flexibility index (Phi) is 6.36. The molecule has 1 aromatic carbocycles. The highest BCUT2D eigenvalue weighted by Gasteiger charge is 2.11. The summed E-state index contributed by atoms with van der Waals surface area (Å²) in [5.74, 6) is 0.0307. The Labute approximate surface area is 116 Å². The third kappa shape index (κ3) is 4.24. The standard InChI is InChI=1S/C15H24N2O2/c1-5-17(6-2)14-9-7-13(8-10-14)15(18)16(3)11-12-19-4/h7-10H,5-6,11-12H2,1-4H3. The molecule has 4 nitrogen and oxygen atoms in total. The van der Waals surface area contributed by atoms with Gasteiger partial charge in [-0.2, -0.15) is 0 Å². The van der Waals surface area contributed by atoms with E-state index in [0.717, 1.165) is 24.3 Å². The zero-order valence-corrected chi connectivity index (χ0v) is 12.3. The predicted octanol–water partition coefficient (Wildman–Crippen LogP) is 2.25. The third-order valence-corrected chi connectivity index (χ3v) is 3.22. The van der Waals surface area contributed by atoms with Crippen LogP contribution in [0, 0.1) is 0 Å². The van der Waals surface area contributed by atoms with Crippen LogP contribution < -0.4 is 4.90 Å². The van der Waals surface area contributed by atoms with E-state index in [9.17, 15) is 4.79 Å². The van der Waals surface area contributed by atoms with Crippen molar-refractivity contribution >= 4 is 11.6 Å². The van der Waals surface area contributed by atoms with Gasteiger partial charge in [-0.15, -0.1) is 0 Å². The predicted molar refractivity (Wildman–Crippen MR) is 78.8 cm³/mol. The molecule has 1 rings (SSSR count). The SMILES string of the molecule is CCN(CC)c1ccc(C(=O)N(C)CCOC)cc1. The highest BCUT2D eigenvalue weighted by Crippen LogP contribution is 2.15. The van der Waals surface area contributed by atoms with Crippen molar-refractivity contribution in [1.29, 1.82) is 0 Å². The second-order valence-corrected chi connectivity index (χ2v) is 4.44. The minimum absolute atomic E-state index is 0.0307. The number of likely N-dealkylation sites (N-methyl/N-ethyl adjacent to an activating group) is 1. The van der Waals surface area contributed by atoms with E-state index in [1.54, 1.807) is 19.1 Å². The highest BCUT2D eigenvalue weighted by atomic mass is 16.5. The number of rotatable bonds is 7. The number of nitrogens with zero attached hydrogens (tertiary/aromatic N) is 2. The zero-order valence-electron chi connectivity index (χ0n) is 12.3. The number of anilines is 1. The monoisotopic (exact) mass is 264 g/mol. The van der Waals surface area contributed by atoms with E-state index in [0.29, 0.717) is 13.2 Å². The number of carbonyl (C=O) groups excluding carboxylic acids is 1. The van der Waals surface area contributed by atoms with Crippen LogP contribution in [-0.2, 0) is 4.74 Å². The Morgan fingerprint density at radius 2 is 1.74 bits per heavy atom. The van der Waals surface area contributed by atoms with Crippen LogP contribution >= 0.6 is 0 Å². The summed E-state index contributed by atoms with van der Waals surface area (Å²) in [7, 11) is 3.43. The van der Waals surface area contributed by atoms with Gasteiger partial charge >= 0.3 is 0 Å². The van der Waals surface area contributed by atoms with Gasteiger partial charge in [0.25, 0.3) is 5.91 Å². The first-order valence-electron chi connectivity index (χ1n) is 6.73. The maximum Gasteiger partial charge on any atom is 0.253 e. The van der Waals surface area contributed by atoms with Crippen molar-refractivity contribution in [1.82, 2.24) is 4.90 Å². The van der Waals surface area contributed by atoms with Crippen LogP contribution in [0.3, 0.4) is 0 Å². The van der Waals surface area contributed by atoms with Gasteiger partial charge in [-0.1, -0.05) is 0 Å². The zero-order chi connectivity index (χ0) is 14.3. The van der Waals surface area contributed by atoms with E-state index >= 15 is 0 Å². The summed E-state index contributed by atoms with van der Waals surface area (Å²) >= 11 is 0. The number of hydrogen-bond acceptors (Lipinski definition) is 3. The van der Waals surface area contributed by atoms with Crippen LogP contribution in [0.4, 0.5) is 5.69 Å². The number of amides is 1. The normalized spacial score (nSPS) is 10.3. The average molecular weight is 264 g/mol. The van der Waals surface area contributed by atoms with E-state index < -0.39 is 0 Å². The molecule has 0 aliphatic heterocycles. The van der Waals surface area contributed by atoms with Gasteiger partial charge in [0.05, 0.1) is 6.61 Å². The maximum atomic E-state index is 12.1. The Balaban J connectivity index is 2.72. The molecule has 0 atom stereocenters. The van der Waals surface area contributed by atoms with Gasteiger partial charge in [-0.3, -0.25) is 4.79 Å². The summed E-state index contributed by atoms with van der Waals surface area (Å²) in [6.45, 7) is 7.35. The minimum atomic E-state index is 0.0307. The first-order valence-corrected chi connectivity index (χ1v) is 6.73. The van der Waals surface area contributed by atoms with Crippen molar-refractivity contribution < 1.29 is 9.53 Å². The molecule has 0 aliphatic carbocycles. The lowest BCUT2D eigenvalue weighted by Gasteiger charge is -2.21. The summed E-state index contributed by atoms with van der Waals surface area (Å²) in [4.78, 5) is 16.1. The van der Waals surface area contributed by atoms with Crippen molar-refractivity contribution in [3.63, 3.8) is 0 Å². The number of carbonyl (C=O) groups is 1. The van der Waals surface area contributed by atoms with Crippen molar-refractivity contribution in [3.8, 4) is 0 Å². The molecule has 19 heavy (non-hydrogen) atoms. The third-order valence-electron chi connectivity index (χ3n) is 3.22. The number of hydrogen-bond donors (Lipinski definition) is 0. The summed E-state index contributed by atoms with van der Waals surface area (Å²) in [6.07, 6.45) is 0. The lowest BCUT2D eigenvalue weighted by Crippen LogP contribution is -2.30. The fourth-order valence-electron chi connectivity index (χ4n) is 1.95. The Morgan fingerprint density at radius 1 is 1.16 bits per heavy atom. The Morgan fingerprint density at radius 3 is 2.21 bits per heavy atom. The second kappa shape index (κ2) is 7.79. The van der Waals surface area contributed by atoms with Crippen molar-refractivity contribution in [2.24, 2.45) is 0 Å². The molecule has 0 unspecified atom stereocenters. The molecule has 0 spiro atoms. The first kappa shape index (κ1) is 15.5. The van der Waals surface area contributed by atoms with Gasteiger partial charge in [0.2, 0.25) is 0 Å². The van der Waals surface area contributed by atoms with Gasteiger partial charge in [-0.05, 0) is 38.1 Å². The van der Waals surface area contributed by atoms with Crippen LogP contribution in [-0.4, -0.2) is 51.2 Å². The molecule has 106 valence electrons. The molecule has 0 aromatic heterocycles. The lowest BCUT2D eigenvalue weighted by atomic mass is 10.1. The summed E-state index contributed by atoms with van der Waals surface area (Å²) in [5, 5.41) is 0. The average Bonchev–Trinajstić information content (AvgIpc) is 2.46. The van der Waals surface area contributed by atoms with Crippen LogP contribution in [0.5, 0.6) is 0 Å². The van der Waals surface area contributed by atoms with Crippen LogP contribution in [0.2, 0.25) is 0 Å². The maximum absolute atomic E-state index is 12.1. The van der Waals surface area contributed by atoms with Gasteiger partial charge < -0.3 is 14.5 Å². The van der Waals surface area contributed by atoms with Crippen molar-refractivity contribution in [2.45, 2.75) is 13.8 Å². The van der Waals surface area contributed by atoms with E-state index in [-0.39, 0.29) is 5.91 Å². The van der Waals surface area contributed by atoms with Gasteiger partial charge in [0, 0.05) is 45.0 Å². The molecular formula is C15H24N2O2. The topological polar surface area (TPSA) is 32.8 Å².